The van der Waals surface area contributed by atoms with Crippen LogP contribution in [-0.4, -0.2) is 12.3 Å². The van der Waals surface area contributed by atoms with E-state index in [0.29, 0.717) is 0 Å². The molecule has 372 valence electrons. The normalized spacial score (nSPS) is 12.4. The summed E-state index contributed by atoms with van der Waals surface area (Å²) in [6.45, 7) is 8.70. The summed E-state index contributed by atoms with van der Waals surface area (Å²) in [5.41, 5.74) is 0. The van der Waals surface area contributed by atoms with E-state index in [1.54, 1.807) is 0 Å². The molecule has 0 nitrogen and oxygen atoms in total. The Morgan fingerprint density at radius 2 is 0.435 bits per heavy atom. The lowest BCUT2D eigenvalue weighted by Crippen LogP contribution is -1.99. The van der Waals surface area contributed by atoms with Crippen LogP contribution < -0.4 is 0 Å². The molecule has 0 amide bonds. The Labute approximate surface area is 398 Å². The molecule has 2 atom stereocenters. The molecule has 1 heteroatoms. The Hall–Kier alpha value is 0.170. The SMILES string of the molecule is C=CCC(CCCCCCCCCCCCCCC)CCCCCCCCCCCCCCCCCCCCCCPCCCCCCCCCCCCCCCCCCCC. The minimum Gasteiger partial charge on any atom is -0.122 e. The van der Waals surface area contributed by atoms with E-state index < -0.39 is 0 Å². The molecule has 0 fully saturated rings. The van der Waals surface area contributed by atoms with Crippen molar-refractivity contribution in [2.24, 2.45) is 5.92 Å². The van der Waals surface area contributed by atoms with Crippen molar-refractivity contribution in [1.82, 2.24) is 0 Å². The maximum absolute atomic E-state index is 4.07. The van der Waals surface area contributed by atoms with Gasteiger partial charge in [-0.3, -0.25) is 0 Å². The van der Waals surface area contributed by atoms with Gasteiger partial charge >= 0.3 is 0 Å². The van der Waals surface area contributed by atoms with Crippen LogP contribution in [-0.2, 0) is 0 Å². The fourth-order valence-electron chi connectivity index (χ4n) is 10.2. The van der Waals surface area contributed by atoms with Gasteiger partial charge in [0.1, 0.15) is 0 Å². The highest BCUT2D eigenvalue weighted by Gasteiger charge is 2.07. The third-order valence-corrected chi connectivity index (χ3v) is 16.1. The summed E-state index contributed by atoms with van der Waals surface area (Å²) in [5, 5.41) is 0. The Morgan fingerprint density at radius 3 is 0.629 bits per heavy atom. The molecule has 62 heavy (non-hydrogen) atoms. The second-order valence-corrected chi connectivity index (χ2v) is 22.5. The number of hydrogen-bond donors (Lipinski definition) is 0. The van der Waals surface area contributed by atoms with Crippen LogP contribution in [0.5, 0.6) is 0 Å². The molecule has 0 aromatic carbocycles. The highest BCUT2D eigenvalue weighted by Crippen LogP contribution is 2.24. The van der Waals surface area contributed by atoms with E-state index in [1.165, 1.54) is 368 Å². The monoisotopic (exact) mass is 887 g/mol. The molecule has 0 aromatic rings. The van der Waals surface area contributed by atoms with E-state index >= 15 is 0 Å². The van der Waals surface area contributed by atoms with Gasteiger partial charge in [-0.05, 0) is 37.5 Å². The summed E-state index contributed by atoms with van der Waals surface area (Å²) in [6, 6.07) is 0. The Balaban J connectivity index is 3.22. The average molecular weight is 888 g/mol. The van der Waals surface area contributed by atoms with Gasteiger partial charge in [0.2, 0.25) is 0 Å². The Kier molecular flexibility index (Phi) is 59.3. The van der Waals surface area contributed by atoms with E-state index in [2.05, 4.69) is 26.5 Å². The van der Waals surface area contributed by atoms with Gasteiger partial charge in [0.15, 0.2) is 0 Å². The minimum atomic E-state index is 0.910. The summed E-state index contributed by atoms with van der Waals surface area (Å²) < 4.78 is 0. The molecule has 0 saturated carbocycles. The fourth-order valence-corrected chi connectivity index (χ4v) is 11.5. The molecule has 0 saturated heterocycles. The predicted molar refractivity (Wildman–Crippen MR) is 292 cm³/mol. The lowest BCUT2D eigenvalue weighted by molar-refractivity contribution is 0.405. The van der Waals surface area contributed by atoms with Crippen LogP contribution >= 0.6 is 8.58 Å². The maximum Gasteiger partial charge on any atom is -0.0325 e. The van der Waals surface area contributed by atoms with Crippen LogP contribution in [0, 0.1) is 5.92 Å². The third-order valence-electron chi connectivity index (χ3n) is 14.6. The highest BCUT2D eigenvalue weighted by molar-refractivity contribution is 7.37. The van der Waals surface area contributed by atoms with E-state index in [-0.39, 0.29) is 0 Å². The van der Waals surface area contributed by atoms with E-state index in [0.717, 1.165) is 5.92 Å². The summed E-state index contributed by atoms with van der Waals surface area (Å²) in [4.78, 5) is 0. The van der Waals surface area contributed by atoms with Crippen LogP contribution in [0.15, 0.2) is 12.7 Å². The van der Waals surface area contributed by atoms with Crippen LogP contribution in [0.25, 0.3) is 0 Å². The smallest absolute Gasteiger partial charge is 0.0325 e. The molecule has 0 aliphatic heterocycles. The predicted octanol–water partition coefficient (Wildman–Crippen LogP) is 23.6. The Morgan fingerprint density at radius 1 is 0.258 bits per heavy atom. The highest BCUT2D eigenvalue weighted by atomic mass is 31.1. The maximum atomic E-state index is 4.07. The van der Waals surface area contributed by atoms with Crippen molar-refractivity contribution in [2.45, 2.75) is 361 Å². The molecular formula is C61H123P. The van der Waals surface area contributed by atoms with Gasteiger partial charge in [-0.25, -0.2) is 0 Å². The first-order valence-electron chi connectivity index (χ1n) is 30.2. The molecule has 0 aliphatic rings. The Bertz CT molecular complexity index is 759. The fraction of sp³-hybridized carbons (Fsp3) is 0.967. The largest absolute Gasteiger partial charge is 0.122 e. The van der Waals surface area contributed by atoms with Gasteiger partial charge in [0.05, 0.1) is 0 Å². The van der Waals surface area contributed by atoms with Gasteiger partial charge in [-0.2, -0.15) is 0 Å². The molecule has 0 spiro atoms. The molecule has 0 bridgehead atoms. The average Bonchev–Trinajstić information content (AvgIpc) is 3.28. The third kappa shape index (κ3) is 56.3. The topological polar surface area (TPSA) is 0 Å². The number of allylic oxidation sites excluding steroid dienone is 1. The quantitative estimate of drug-likeness (QED) is 0.0324. The van der Waals surface area contributed by atoms with Crippen molar-refractivity contribution in [3.63, 3.8) is 0 Å². The van der Waals surface area contributed by atoms with E-state index in [9.17, 15) is 0 Å². The molecule has 0 aliphatic carbocycles. The summed E-state index contributed by atoms with van der Waals surface area (Å²) in [6.07, 6.45) is 84.9. The van der Waals surface area contributed by atoms with Gasteiger partial charge in [0, 0.05) is 0 Å². The number of unbranched alkanes of at least 4 members (excludes halogenated alkanes) is 48. The molecule has 0 aromatic heterocycles. The molecular weight excluding hydrogens is 764 g/mol. The van der Waals surface area contributed by atoms with Gasteiger partial charge < -0.3 is 0 Å². The summed E-state index contributed by atoms with van der Waals surface area (Å²) >= 11 is 0. The molecule has 0 N–H and O–H groups in total. The molecule has 0 radical (unpaired) electrons. The van der Waals surface area contributed by atoms with Gasteiger partial charge in [-0.1, -0.05) is 347 Å². The molecule has 0 heterocycles. The summed E-state index contributed by atoms with van der Waals surface area (Å²) in [5.74, 6) is 0.910. The number of hydrogen-bond acceptors (Lipinski definition) is 0. The van der Waals surface area contributed by atoms with Crippen molar-refractivity contribution in [1.29, 1.82) is 0 Å². The summed E-state index contributed by atoms with van der Waals surface area (Å²) in [7, 11) is 1.25. The zero-order chi connectivity index (χ0) is 44.6. The van der Waals surface area contributed by atoms with Crippen molar-refractivity contribution in [3.8, 4) is 0 Å². The number of rotatable bonds is 58. The van der Waals surface area contributed by atoms with Crippen LogP contribution in [0.2, 0.25) is 0 Å². The second kappa shape index (κ2) is 59.2. The van der Waals surface area contributed by atoms with Gasteiger partial charge in [0.25, 0.3) is 0 Å². The van der Waals surface area contributed by atoms with E-state index in [1.807, 2.05) is 0 Å². The minimum absolute atomic E-state index is 0.910. The molecule has 0 rings (SSSR count). The van der Waals surface area contributed by atoms with Crippen LogP contribution in [0.1, 0.15) is 361 Å². The zero-order valence-electron chi connectivity index (χ0n) is 44.0. The second-order valence-electron chi connectivity index (χ2n) is 21.0. The van der Waals surface area contributed by atoms with Crippen molar-refractivity contribution in [2.75, 3.05) is 12.3 Å². The van der Waals surface area contributed by atoms with Crippen molar-refractivity contribution in [3.05, 3.63) is 12.7 Å². The molecule has 2 unspecified atom stereocenters. The zero-order valence-corrected chi connectivity index (χ0v) is 45.0. The van der Waals surface area contributed by atoms with E-state index in [4.69, 9.17) is 0 Å². The van der Waals surface area contributed by atoms with Crippen molar-refractivity contribution < 1.29 is 0 Å². The first-order valence-corrected chi connectivity index (χ1v) is 31.6. The standard InChI is InChI=1S/C61H123P/c1-4-7-9-11-13-15-17-19-20-21-27-30-34-38-42-46-50-54-59-62-60-55-51-47-43-39-35-31-28-25-23-22-24-26-29-33-37-41-45-49-53-58-61(56-6-3)57-52-48-44-40-36-32-18-16-14-12-10-8-5-2/h6,61-62H,3-5,7-60H2,1-2H3. The first kappa shape index (κ1) is 62.2. The van der Waals surface area contributed by atoms with Crippen molar-refractivity contribution >= 4 is 8.58 Å². The van der Waals surface area contributed by atoms with Gasteiger partial charge in [-0.15, -0.1) is 15.2 Å². The first-order chi connectivity index (χ1) is 30.8. The lowest BCUT2D eigenvalue weighted by Gasteiger charge is -2.15. The lowest BCUT2D eigenvalue weighted by atomic mass is 9.91. The van der Waals surface area contributed by atoms with Crippen LogP contribution in [0.3, 0.4) is 0 Å². The van der Waals surface area contributed by atoms with Crippen LogP contribution in [0.4, 0.5) is 0 Å².